The van der Waals surface area contributed by atoms with Gasteiger partial charge in [-0.05, 0) is 49.4 Å². The van der Waals surface area contributed by atoms with E-state index in [0.29, 0.717) is 49.4 Å². The van der Waals surface area contributed by atoms with Crippen LogP contribution in [0.1, 0.15) is 158 Å². The molecule has 0 saturated carbocycles. The number of hydrogen-bond acceptors (Lipinski definition) is 8. The third-order valence-electron chi connectivity index (χ3n) is 7.81. The maximum Gasteiger partial charge on any atom is 0.305 e. The van der Waals surface area contributed by atoms with E-state index in [0.717, 1.165) is 51.4 Å². The molecule has 0 aliphatic heterocycles. The van der Waals surface area contributed by atoms with Gasteiger partial charge in [0.05, 0.1) is 0 Å². The van der Waals surface area contributed by atoms with Gasteiger partial charge in [0.1, 0.15) is 31.8 Å². The molecule has 264 valence electrons. The summed E-state index contributed by atoms with van der Waals surface area (Å²) in [5.74, 6) is 0.767. The largest absolute Gasteiger partial charge is 0.465 e. The molecule has 0 aromatic carbocycles. The summed E-state index contributed by atoms with van der Waals surface area (Å²) in [6.45, 7) is 16.5. The molecule has 0 aliphatic carbocycles. The molecule has 0 N–H and O–H groups in total. The van der Waals surface area contributed by atoms with Gasteiger partial charge in [-0.3, -0.25) is 19.2 Å². The fourth-order valence-corrected chi connectivity index (χ4v) is 4.76. The monoisotopic (exact) mass is 640 g/mol. The van der Waals surface area contributed by atoms with Gasteiger partial charge in [0.15, 0.2) is 0 Å². The minimum absolute atomic E-state index is 0.183. The summed E-state index contributed by atoms with van der Waals surface area (Å²) in [7, 11) is 0. The molecule has 0 radical (unpaired) electrons. The van der Waals surface area contributed by atoms with Crippen LogP contribution in [0.25, 0.3) is 0 Å². The normalized spacial score (nSPS) is 11.8. The van der Waals surface area contributed by atoms with Gasteiger partial charge in [0, 0.05) is 25.7 Å². The summed E-state index contributed by atoms with van der Waals surface area (Å²) in [6, 6.07) is 0. The predicted molar refractivity (Wildman–Crippen MR) is 179 cm³/mol. The molecule has 0 bridgehead atoms. The topological polar surface area (TPSA) is 105 Å². The quantitative estimate of drug-likeness (QED) is 0.0474. The van der Waals surface area contributed by atoms with Gasteiger partial charge >= 0.3 is 23.9 Å². The molecule has 0 unspecified atom stereocenters. The zero-order valence-corrected chi connectivity index (χ0v) is 30.2. The van der Waals surface area contributed by atoms with E-state index in [1.165, 1.54) is 0 Å². The minimum atomic E-state index is -1.19. The molecule has 0 aromatic heterocycles. The fraction of sp³-hybridized carbons (Fsp3) is 0.892. The zero-order valence-electron chi connectivity index (χ0n) is 30.2. The van der Waals surface area contributed by atoms with Gasteiger partial charge in [-0.25, -0.2) is 0 Å². The number of carbonyl (C=O) groups excluding carboxylic acids is 4. The average Bonchev–Trinajstić information content (AvgIpc) is 2.96. The Bertz CT molecular complexity index is 669. The van der Waals surface area contributed by atoms with E-state index in [9.17, 15) is 19.2 Å². The number of ether oxygens (including phenoxy) is 4. The van der Waals surface area contributed by atoms with Crippen molar-refractivity contribution in [3.63, 3.8) is 0 Å². The standard InChI is InChI=1S/C37H68O8/c1-29(2)17-9-13-21-33(38)42-25-37(26-43-34(39)22-14-10-18-30(3)4,27-44-35(40)23-15-11-19-31(5)6)28-45-36(41)24-16-12-20-32(7)8/h29-32H,9-28H2,1-8H3. The first-order valence-corrected chi connectivity index (χ1v) is 17.9. The molecule has 0 fully saturated rings. The Balaban J connectivity index is 5.56. The highest BCUT2D eigenvalue weighted by atomic mass is 16.6. The Hall–Kier alpha value is -2.12. The second-order valence-corrected chi connectivity index (χ2v) is 14.7. The van der Waals surface area contributed by atoms with Crippen LogP contribution in [0, 0.1) is 29.1 Å². The van der Waals surface area contributed by atoms with Gasteiger partial charge in [-0.15, -0.1) is 0 Å². The van der Waals surface area contributed by atoms with Crippen molar-refractivity contribution in [2.75, 3.05) is 26.4 Å². The van der Waals surface area contributed by atoms with Crippen LogP contribution in [-0.2, 0) is 38.1 Å². The number of carbonyl (C=O) groups is 4. The summed E-state index contributed by atoms with van der Waals surface area (Å²) in [4.78, 5) is 50.8. The van der Waals surface area contributed by atoms with Crippen LogP contribution >= 0.6 is 0 Å². The molecule has 0 spiro atoms. The molecule has 8 heteroatoms. The van der Waals surface area contributed by atoms with Gasteiger partial charge < -0.3 is 18.9 Å². The summed E-state index contributed by atoms with van der Waals surface area (Å²) >= 11 is 0. The summed E-state index contributed by atoms with van der Waals surface area (Å²) < 4.78 is 22.7. The average molecular weight is 641 g/mol. The van der Waals surface area contributed by atoms with Crippen molar-refractivity contribution in [2.24, 2.45) is 29.1 Å². The van der Waals surface area contributed by atoms with Gasteiger partial charge in [-0.2, -0.15) is 0 Å². The summed E-state index contributed by atoms with van der Waals surface area (Å²) in [5, 5.41) is 0. The lowest BCUT2D eigenvalue weighted by Crippen LogP contribution is -2.44. The van der Waals surface area contributed by atoms with Gasteiger partial charge in [0.2, 0.25) is 0 Å². The Kier molecular flexibility index (Phi) is 24.8. The lowest BCUT2D eigenvalue weighted by Gasteiger charge is -2.31. The van der Waals surface area contributed by atoms with Crippen LogP contribution in [0.5, 0.6) is 0 Å². The molecule has 0 rings (SSSR count). The highest BCUT2D eigenvalue weighted by Gasteiger charge is 2.38. The number of rotatable bonds is 28. The van der Waals surface area contributed by atoms with E-state index in [4.69, 9.17) is 18.9 Å². The van der Waals surface area contributed by atoms with Crippen LogP contribution in [0.4, 0.5) is 0 Å². The van der Waals surface area contributed by atoms with E-state index >= 15 is 0 Å². The Morgan fingerprint density at radius 1 is 0.378 bits per heavy atom. The van der Waals surface area contributed by atoms with Crippen LogP contribution in [0.3, 0.4) is 0 Å². The molecule has 0 heterocycles. The fourth-order valence-electron chi connectivity index (χ4n) is 4.76. The lowest BCUT2D eigenvalue weighted by atomic mass is 9.92. The van der Waals surface area contributed by atoms with Crippen LogP contribution in [0.2, 0.25) is 0 Å². The van der Waals surface area contributed by atoms with E-state index in [1.807, 2.05) is 0 Å². The van der Waals surface area contributed by atoms with E-state index < -0.39 is 5.41 Å². The van der Waals surface area contributed by atoms with Crippen LogP contribution in [-0.4, -0.2) is 50.3 Å². The molecule has 0 atom stereocenters. The maximum atomic E-state index is 12.7. The Labute approximate surface area is 275 Å². The highest BCUT2D eigenvalue weighted by Crippen LogP contribution is 2.24. The molecule has 8 nitrogen and oxygen atoms in total. The SMILES string of the molecule is CC(C)CCCCC(=O)OCC(COC(=O)CCCCC(C)C)(COC(=O)CCCCC(C)C)COC(=O)CCCCC(C)C. The smallest absolute Gasteiger partial charge is 0.305 e. The van der Waals surface area contributed by atoms with Crippen molar-refractivity contribution in [3.05, 3.63) is 0 Å². The van der Waals surface area contributed by atoms with Crippen LogP contribution in [0.15, 0.2) is 0 Å². The van der Waals surface area contributed by atoms with E-state index in [2.05, 4.69) is 55.4 Å². The second kappa shape index (κ2) is 26.0. The first kappa shape index (κ1) is 42.9. The molecule has 45 heavy (non-hydrogen) atoms. The second-order valence-electron chi connectivity index (χ2n) is 14.7. The number of unbranched alkanes of at least 4 members (excludes halogenated alkanes) is 4. The highest BCUT2D eigenvalue weighted by molar-refractivity contribution is 5.71. The molecule has 0 aliphatic rings. The molecular formula is C37H68O8. The van der Waals surface area contributed by atoms with Crippen molar-refractivity contribution in [1.29, 1.82) is 0 Å². The Morgan fingerprint density at radius 2 is 0.578 bits per heavy atom. The van der Waals surface area contributed by atoms with Gasteiger partial charge in [-0.1, -0.05) is 107 Å². The number of esters is 4. The molecule has 0 saturated heterocycles. The van der Waals surface area contributed by atoms with Gasteiger partial charge in [0.25, 0.3) is 0 Å². The number of hydrogen-bond donors (Lipinski definition) is 0. The first-order valence-electron chi connectivity index (χ1n) is 17.9. The van der Waals surface area contributed by atoms with Crippen molar-refractivity contribution in [3.8, 4) is 0 Å². The summed E-state index contributed by atoms with van der Waals surface area (Å²) in [5.41, 5.74) is -1.19. The van der Waals surface area contributed by atoms with Crippen molar-refractivity contribution in [1.82, 2.24) is 0 Å². The Morgan fingerprint density at radius 3 is 0.756 bits per heavy atom. The summed E-state index contributed by atoms with van der Waals surface area (Å²) in [6.07, 6.45) is 11.8. The lowest BCUT2D eigenvalue weighted by molar-refractivity contribution is -0.170. The minimum Gasteiger partial charge on any atom is -0.465 e. The van der Waals surface area contributed by atoms with E-state index in [1.54, 1.807) is 0 Å². The predicted octanol–water partition coefficient (Wildman–Crippen LogP) is 9.01. The zero-order chi connectivity index (χ0) is 34.1. The molecule has 0 aromatic rings. The third-order valence-corrected chi connectivity index (χ3v) is 7.81. The van der Waals surface area contributed by atoms with Crippen molar-refractivity contribution >= 4 is 23.9 Å². The van der Waals surface area contributed by atoms with Crippen molar-refractivity contribution < 1.29 is 38.1 Å². The maximum absolute atomic E-state index is 12.7. The third kappa shape index (κ3) is 26.8. The molecule has 0 amide bonds. The first-order chi connectivity index (χ1) is 21.2. The molecular weight excluding hydrogens is 572 g/mol. The van der Waals surface area contributed by atoms with Crippen molar-refractivity contribution in [2.45, 2.75) is 158 Å². The van der Waals surface area contributed by atoms with Crippen LogP contribution < -0.4 is 0 Å². The van der Waals surface area contributed by atoms with E-state index in [-0.39, 0.29) is 76.0 Å².